The summed E-state index contributed by atoms with van der Waals surface area (Å²) in [6.07, 6.45) is 0.842. The molecule has 4 rings (SSSR count). The van der Waals surface area contributed by atoms with Crippen LogP contribution in [0.5, 0.6) is 11.5 Å². The third-order valence-corrected chi connectivity index (χ3v) is 6.96. The number of ether oxygens (including phenoxy) is 4. The molecule has 4 atom stereocenters. The molecule has 2 aromatic rings. The van der Waals surface area contributed by atoms with E-state index >= 15 is 0 Å². The van der Waals surface area contributed by atoms with Crippen LogP contribution >= 0.6 is 0 Å². The number of rotatable bonds is 8. The lowest BCUT2D eigenvalue weighted by Gasteiger charge is -2.23. The highest BCUT2D eigenvalue weighted by atomic mass is 16.6. The Morgan fingerprint density at radius 1 is 0.763 bits per heavy atom. The number of carboxylic acid groups (broad SMARTS) is 2. The zero-order valence-corrected chi connectivity index (χ0v) is 20.8. The van der Waals surface area contributed by atoms with E-state index in [0.29, 0.717) is 22.3 Å². The largest absolute Gasteiger partial charge is 0.478 e. The molecule has 2 N–H and O–H groups in total. The van der Waals surface area contributed by atoms with Crippen molar-refractivity contribution < 1.29 is 48.3 Å². The number of aromatic carboxylic acids is 2. The Balaban J connectivity index is 1.77. The normalized spacial score (nSPS) is 21.8. The molecule has 2 aromatic carbocycles. The molecule has 0 amide bonds. The van der Waals surface area contributed by atoms with E-state index in [1.54, 1.807) is 13.8 Å². The summed E-state index contributed by atoms with van der Waals surface area (Å²) in [6, 6.07) is 5.56. The second-order valence-corrected chi connectivity index (χ2v) is 8.97. The SMILES string of the molecule is C=CC(=O)Oc1ccc(C(=O)O)c(C)c1[C@H]1CO[C@@H]2[C@H]1OC[C@H]2c1c(OC(=O)C=C)ccc(C(=O)O)c1C. The zero-order chi connectivity index (χ0) is 27.7. The molecule has 0 spiro atoms. The summed E-state index contributed by atoms with van der Waals surface area (Å²) in [5.41, 5.74) is 1.81. The number of fused-ring (bicyclic) bond motifs is 1. The van der Waals surface area contributed by atoms with Crippen molar-refractivity contribution in [1.29, 1.82) is 0 Å². The van der Waals surface area contributed by atoms with Crippen LogP contribution in [0.2, 0.25) is 0 Å². The van der Waals surface area contributed by atoms with Gasteiger partial charge in [0.15, 0.2) is 0 Å². The van der Waals surface area contributed by atoms with Crippen molar-refractivity contribution >= 4 is 23.9 Å². The van der Waals surface area contributed by atoms with Crippen molar-refractivity contribution in [3.05, 3.63) is 83.0 Å². The first-order valence-electron chi connectivity index (χ1n) is 11.7. The average Bonchev–Trinajstić information content (AvgIpc) is 3.46. The van der Waals surface area contributed by atoms with Crippen molar-refractivity contribution in [2.24, 2.45) is 0 Å². The smallest absolute Gasteiger partial charge is 0.335 e. The number of carbonyl (C=O) groups is 4. The van der Waals surface area contributed by atoms with Gasteiger partial charge in [0.05, 0.1) is 36.5 Å². The first-order valence-corrected chi connectivity index (χ1v) is 11.7. The monoisotopic (exact) mass is 522 g/mol. The lowest BCUT2D eigenvalue weighted by Crippen LogP contribution is -2.26. The molecule has 0 radical (unpaired) electrons. The second kappa shape index (κ2) is 10.6. The van der Waals surface area contributed by atoms with E-state index in [1.165, 1.54) is 24.3 Å². The Kier molecular flexibility index (Phi) is 7.47. The molecule has 2 saturated heterocycles. The van der Waals surface area contributed by atoms with Crippen LogP contribution in [-0.2, 0) is 19.1 Å². The van der Waals surface area contributed by atoms with Gasteiger partial charge in [0.1, 0.15) is 11.5 Å². The minimum atomic E-state index is -1.14. The first-order chi connectivity index (χ1) is 18.1. The van der Waals surface area contributed by atoms with E-state index in [1.807, 2.05) is 0 Å². The lowest BCUT2D eigenvalue weighted by atomic mass is 9.83. The summed E-state index contributed by atoms with van der Waals surface area (Å²) in [5, 5.41) is 19.3. The van der Waals surface area contributed by atoms with E-state index in [0.717, 1.165) is 12.2 Å². The van der Waals surface area contributed by atoms with Crippen molar-refractivity contribution in [3.63, 3.8) is 0 Å². The van der Waals surface area contributed by atoms with Gasteiger partial charge in [-0.15, -0.1) is 0 Å². The van der Waals surface area contributed by atoms with Gasteiger partial charge in [0, 0.05) is 35.1 Å². The number of carbonyl (C=O) groups excluding carboxylic acids is 2. The van der Waals surface area contributed by atoms with Crippen molar-refractivity contribution in [1.82, 2.24) is 0 Å². The standard InChI is InChI=1S/C28H26O10/c1-5-21(29)37-19-9-7-15(27(31)32)13(3)23(19)17-11-35-26-18(12-36-25(17)26)24-14(4)16(28(33)34)8-10-20(24)38-22(30)6-2/h5-10,17-18,25-26H,1-2,11-12H2,3-4H3,(H,31,32)(H,33,34)/t17-,18+,25-,26-/m0/s1. The summed E-state index contributed by atoms with van der Waals surface area (Å²) in [4.78, 5) is 47.7. The van der Waals surface area contributed by atoms with Crippen molar-refractivity contribution in [2.75, 3.05) is 13.2 Å². The van der Waals surface area contributed by atoms with Crippen LogP contribution in [-0.4, -0.2) is 59.5 Å². The number of esters is 2. The van der Waals surface area contributed by atoms with E-state index in [4.69, 9.17) is 18.9 Å². The van der Waals surface area contributed by atoms with Gasteiger partial charge in [-0.1, -0.05) is 13.2 Å². The molecule has 2 aliphatic rings. The molecule has 198 valence electrons. The molecule has 0 aliphatic carbocycles. The maximum Gasteiger partial charge on any atom is 0.335 e. The van der Waals surface area contributed by atoms with Crippen LogP contribution in [0.25, 0.3) is 0 Å². The highest BCUT2D eigenvalue weighted by Crippen LogP contribution is 2.49. The topological polar surface area (TPSA) is 146 Å². The van der Waals surface area contributed by atoms with Gasteiger partial charge < -0.3 is 29.2 Å². The van der Waals surface area contributed by atoms with Gasteiger partial charge in [0.2, 0.25) is 0 Å². The fourth-order valence-electron chi connectivity index (χ4n) is 5.26. The maximum atomic E-state index is 12.0. The number of hydrogen-bond acceptors (Lipinski definition) is 8. The molecule has 0 bridgehead atoms. The second-order valence-electron chi connectivity index (χ2n) is 8.97. The molecule has 38 heavy (non-hydrogen) atoms. The number of hydrogen-bond donors (Lipinski definition) is 2. The summed E-state index contributed by atoms with van der Waals surface area (Å²) in [7, 11) is 0. The summed E-state index contributed by atoms with van der Waals surface area (Å²) in [5.74, 6) is -4.35. The van der Waals surface area contributed by atoms with Crippen molar-refractivity contribution in [3.8, 4) is 11.5 Å². The fraction of sp³-hybridized carbons (Fsp3) is 0.286. The van der Waals surface area contributed by atoms with Gasteiger partial charge >= 0.3 is 23.9 Å². The third-order valence-electron chi connectivity index (χ3n) is 6.96. The highest BCUT2D eigenvalue weighted by Gasteiger charge is 2.51. The van der Waals surface area contributed by atoms with Crippen LogP contribution < -0.4 is 9.47 Å². The molecule has 2 heterocycles. The van der Waals surface area contributed by atoms with Crippen LogP contribution in [0.15, 0.2) is 49.6 Å². The third kappa shape index (κ3) is 4.71. The number of benzene rings is 2. The lowest BCUT2D eigenvalue weighted by molar-refractivity contribution is -0.129. The van der Waals surface area contributed by atoms with E-state index in [9.17, 15) is 29.4 Å². The van der Waals surface area contributed by atoms with Crippen LogP contribution in [0.3, 0.4) is 0 Å². The van der Waals surface area contributed by atoms with Crippen LogP contribution in [0.4, 0.5) is 0 Å². The highest BCUT2D eigenvalue weighted by molar-refractivity contribution is 5.91. The fourth-order valence-corrected chi connectivity index (χ4v) is 5.26. The van der Waals surface area contributed by atoms with Gasteiger partial charge in [-0.05, 0) is 49.2 Å². The first kappa shape index (κ1) is 26.8. The minimum absolute atomic E-state index is 0.0417. The Morgan fingerprint density at radius 3 is 1.45 bits per heavy atom. The molecule has 10 nitrogen and oxygen atoms in total. The predicted octanol–water partition coefficient (Wildman–Crippen LogP) is 3.55. The molecule has 2 fully saturated rings. The van der Waals surface area contributed by atoms with Crippen LogP contribution in [0.1, 0.15) is 54.8 Å². The van der Waals surface area contributed by atoms with Gasteiger partial charge in [-0.25, -0.2) is 19.2 Å². The van der Waals surface area contributed by atoms with E-state index < -0.39 is 47.9 Å². The summed E-state index contributed by atoms with van der Waals surface area (Å²) >= 11 is 0. The molecular formula is C28H26O10. The maximum absolute atomic E-state index is 12.0. The Hall–Kier alpha value is -4.28. The van der Waals surface area contributed by atoms with Crippen molar-refractivity contribution in [2.45, 2.75) is 37.9 Å². The average molecular weight is 523 g/mol. The molecule has 0 saturated carbocycles. The van der Waals surface area contributed by atoms with Gasteiger partial charge in [-0.3, -0.25) is 0 Å². The quantitative estimate of drug-likeness (QED) is 0.300. The Labute approximate surface area is 218 Å². The number of carboxylic acids is 2. The Morgan fingerprint density at radius 2 is 1.13 bits per heavy atom. The van der Waals surface area contributed by atoms with Crippen LogP contribution in [0, 0.1) is 13.8 Å². The minimum Gasteiger partial charge on any atom is -0.478 e. The molecule has 0 aromatic heterocycles. The predicted molar refractivity (Wildman–Crippen MR) is 133 cm³/mol. The van der Waals surface area contributed by atoms with E-state index in [-0.39, 0.29) is 35.8 Å². The summed E-state index contributed by atoms with van der Waals surface area (Å²) < 4.78 is 23.2. The molecule has 10 heteroatoms. The zero-order valence-electron chi connectivity index (χ0n) is 20.8. The Bertz CT molecular complexity index is 1250. The van der Waals surface area contributed by atoms with Gasteiger partial charge in [-0.2, -0.15) is 0 Å². The van der Waals surface area contributed by atoms with E-state index in [2.05, 4.69) is 13.2 Å². The summed E-state index contributed by atoms with van der Waals surface area (Å²) in [6.45, 7) is 10.3. The molecular weight excluding hydrogens is 496 g/mol. The molecule has 2 aliphatic heterocycles. The molecule has 0 unspecified atom stereocenters. The van der Waals surface area contributed by atoms with Gasteiger partial charge in [0.25, 0.3) is 0 Å².